The number of carbonyl (C=O) groups excluding carboxylic acids is 3. The summed E-state index contributed by atoms with van der Waals surface area (Å²) in [5, 5.41) is 0. The van der Waals surface area contributed by atoms with Crippen molar-refractivity contribution in [3.05, 3.63) is 65.0 Å². The van der Waals surface area contributed by atoms with E-state index in [4.69, 9.17) is 0 Å². The summed E-state index contributed by atoms with van der Waals surface area (Å²) in [6.45, 7) is 5.60. The normalized spacial score (nSPS) is 17.0. The number of piperidine rings is 1. The van der Waals surface area contributed by atoms with Gasteiger partial charge in [-0.2, -0.15) is 0 Å². The Labute approximate surface area is 186 Å². The third-order valence-corrected chi connectivity index (χ3v) is 6.45. The van der Waals surface area contributed by atoms with Gasteiger partial charge >= 0.3 is 0 Å². The van der Waals surface area contributed by atoms with Crippen molar-refractivity contribution in [2.75, 3.05) is 19.6 Å². The first kappa shape index (κ1) is 20.4. The van der Waals surface area contributed by atoms with Crippen molar-refractivity contribution in [1.29, 1.82) is 0 Å². The third kappa shape index (κ3) is 3.38. The lowest BCUT2D eigenvalue weighted by Crippen LogP contribution is -2.38. The molecule has 3 aromatic rings. The Balaban J connectivity index is 1.30. The number of aromatic amines is 1. The summed E-state index contributed by atoms with van der Waals surface area (Å²) in [5.74, 6) is -0.130. The van der Waals surface area contributed by atoms with Crippen LogP contribution in [0, 0.1) is 5.92 Å². The van der Waals surface area contributed by atoms with Gasteiger partial charge in [-0.25, -0.2) is 0 Å². The van der Waals surface area contributed by atoms with Gasteiger partial charge in [0.1, 0.15) is 0 Å². The van der Waals surface area contributed by atoms with Crippen LogP contribution in [0.2, 0.25) is 0 Å². The molecule has 2 aromatic heterocycles. The zero-order chi connectivity index (χ0) is 22.4. The van der Waals surface area contributed by atoms with Crippen molar-refractivity contribution in [2.24, 2.45) is 5.92 Å². The van der Waals surface area contributed by atoms with E-state index in [0.29, 0.717) is 42.2 Å². The Morgan fingerprint density at radius 3 is 2.62 bits per heavy atom. The van der Waals surface area contributed by atoms with Crippen LogP contribution in [0.25, 0.3) is 11.0 Å². The number of pyridine rings is 1. The highest BCUT2D eigenvalue weighted by atomic mass is 16.2. The Morgan fingerprint density at radius 1 is 1.12 bits per heavy atom. The van der Waals surface area contributed by atoms with Crippen molar-refractivity contribution < 1.29 is 14.4 Å². The monoisotopic (exact) mass is 430 g/mol. The predicted molar refractivity (Wildman–Crippen MR) is 121 cm³/mol. The first-order valence-corrected chi connectivity index (χ1v) is 11.2. The molecule has 164 valence electrons. The molecule has 2 aliphatic rings. The second-order valence-corrected chi connectivity index (χ2v) is 9.09. The second kappa shape index (κ2) is 7.89. The molecule has 0 aliphatic carbocycles. The van der Waals surface area contributed by atoms with E-state index in [1.165, 1.54) is 10.5 Å². The summed E-state index contributed by atoms with van der Waals surface area (Å²) in [5.41, 5.74) is 4.43. The van der Waals surface area contributed by atoms with E-state index in [0.717, 1.165) is 23.9 Å². The molecule has 0 bridgehead atoms. The minimum absolute atomic E-state index is 0.0918. The number of rotatable bonds is 4. The lowest BCUT2D eigenvalue weighted by molar-refractivity contribution is 0.0635. The van der Waals surface area contributed by atoms with Crippen molar-refractivity contribution >= 4 is 28.8 Å². The van der Waals surface area contributed by atoms with Crippen LogP contribution in [0.15, 0.2) is 42.7 Å². The maximum absolute atomic E-state index is 13.2. The average molecular weight is 431 g/mol. The molecule has 1 fully saturated rings. The van der Waals surface area contributed by atoms with Gasteiger partial charge in [0.05, 0.1) is 22.2 Å². The number of hydrogen-bond acceptors (Lipinski definition) is 4. The summed E-state index contributed by atoms with van der Waals surface area (Å²) < 4.78 is 0. The molecular formula is C25H26N4O3. The Hall–Kier alpha value is -3.48. The zero-order valence-corrected chi connectivity index (χ0v) is 18.3. The lowest BCUT2D eigenvalue weighted by Gasteiger charge is -2.32. The molecule has 0 spiro atoms. The maximum atomic E-state index is 13.2. The molecule has 1 saturated heterocycles. The predicted octanol–water partition coefficient (Wildman–Crippen LogP) is 3.83. The van der Waals surface area contributed by atoms with Gasteiger partial charge in [-0.3, -0.25) is 24.3 Å². The van der Waals surface area contributed by atoms with Crippen molar-refractivity contribution in [3.63, 3.8) is 0 Å². The first-order chi connectivity index (χ1) is 15.4. The molecule has 2 aliphatic heterocycles. The number of H-pyrrole nitrogens is 1. The Kier molecular flexibility index (Phi) is 5.04. The fraction of sp³-hybridized carbons (Fsp3) is 0.360. The van der Waals surface area contributed by atoms with Gasteiger partial charge in [0.25, 0.3) is 17.7 Å². The molecule has 3 amide bonds. The van der Waals surface area contributed by atoms with E-state index in [2.05, 4.69) is 9.97 Å². The van der Waals surface area contributed by atoms with Gasteiger partial charge in [0.2, 0.25) is 0 Å². The standard InChI is InChI=1S/C25H26N4O3/c1-15(2)14-29-24(31)18-6-5-17(12-19(18)25(29)32)23(30)28-10-7-16(8-11-28)20-13-27-21-4-3-9-26-22(20)21/h3-6,9,12-13,15-16,27H,7-8,10-11,14H2,1-2H3. The van der Waals surface area contributed by atoms with Crippen LogP contribution in [0.1, 0.15) is 69.2 Å². The van der Waals surface area contributed by atoms with Gasteiger partial charge in [0, 0.05) is 37.6 Å². The molecule has 4 heterocycles. The molecule has 0 radical (unpaired) electrons. The average Bonchev–Trinajstić information content (AvgIpc) is 3.33. The topological polar surface area (TPSA) is 86.4 Å². The summed E-state index contributed by atoms with van der Waals surface area (Å²) in [6.07, 6.45) is 5.56. The molecule has 0 unspecified atom stereocenters. The molecule has 7 heteroatoms. The molecule has 5 rings (SSSR count). The van der Waals surface area contributed by atoms with Gasteiger partial charge in [-0.15, -0.1) is 0 Å². The number of likely N-dealkylation sites (tertiary alicyclic amines) is 1. The highest BCUT2D eigenvalue weighted by Crippen LogP contribution is 2.33. The molecule has 1 N–H and O–H groups in total. The number of benzene rings is 1. The van der Waals surface area contributed by atoms with Crippen LogP contribution in [0.4, 0.5) is 0 Å². The van der Waals surface area contributed by atoms with Crippen LogP contribution in [-0.4, -0.2) is 57.1 Å². The largest absolute Gasteiger partial charge is 0.360 e. The van der Waals surface area contributed by atoms with Crippen molar-refractivity contribution in [2.45, 2.75) is 32.6 Å². The smallest absolute Gasteiger partial charge is 0.261 e. The number of nitrogens with zero attached hydrogens (tertiary/aromatic N) is 3. The van der Waals surface area contributed by atoms with E-state index >= 15 is 0 Å². The summed E-state index contributed by atoms with van der Waals surface area (Å²) in [4.78, 5) is 49.4. The highest BCUT2D eigenvalue weighted by Gasteiger charge is 2.36. The number of imide groups is 1. The van der Waals surface area contributed by atoms with Crippen LogP contribution in [-0.2, 0) is 0 Å². The Bertz CT molecular complexity index is 1220. The minimum Gasteiger partial charge on any atom is -0.360 e. The summed E-state index contributed by atoms with van der Waals surface area (Å²) in [7, 11) is 0. The molecule has 32 heavy (non-hydrogen) atoms. The number of fused-ring (bicyclic) bond motifs is 2. The van der Waals surface area contributed by atoms with Crippen LogP contribution in [0.3, 0.4) is 0 Å². The van der Waals surface area contributed by atoms with E-state index in [-0.39, 0.29) is 23.6 Å². The number of nitrogens with one attached hydrogen (secondary N) is 1. The third-order valence-electron chi connectivity index (χ3n) is 6.45. The SMILES string of the molecule is CC(C)CN1C(=O)c2ccc(C(=O)N3CCC(c4c[nH]c5cccnc45)CC3)cc2C1=O. The van der Waals surface area contributed by atoms with Gasteiger partial charge in [-0.1, -0.05) is 13.8 Å². The quantitative estimate of drug-likeness (QED) is 0.638. The van der Waals surface area contributed by atoms with E-state index in [1.807, 2.05) is 37.1 Å². The van der Waals surface area contributed by atoms with Gasteiger partial charge < -0.3 is 9.88 Å². The van der Waals surface area contributed by atoms with E-state index in [9.17, 15) is 14.4 Å². The second-order valence-electron chi connectivity index (χ2n) is 9.09. The fourth-order valence-electron chi connectivity index (χ4n) is 4.82. The number of aromatic nitrogens is 2. The molecule has 7 nitrogen and oxygen atoms in total. The van der Waals surface area contributed by atoms with Gasteiger partial charge in [0.15, 0.2) is 0 Å². The summed E-state index contributed by atoms with van der Waals surface area (Å²) in [6, 6.07) is 8.82. The summed E-state index contributed by atoms with van der Waals surface area (Å²) >= 11 is 0. The molecular weight excluding hydrogens is 404 g/mol. The number of hydrogen-bond donors (Lipinski definition) is 1. The van der Waals surface area contributed by atoms with Crippen molar-refractivity contribution in [3.8, 4) is 0 Å². The fourth-order valence-corrected chi connectivity index (χ4v) is 4.82. The van der Waals surface area contributed by atoms with Crippen LogP contribution >= 0.6 is 0 Å². The molecule has 1 aromatic carbocycles. The van der Waals surface area contributed by atoms with Crippen LogP contribution < -0.4 is 0 Å². The van der Waals surface area contributed by atoms with Crippen molar-refractivity contribution in [1.82, 2.24) is 19.8 Å². The first-order valence-electron chi connectivity index (χ1n) is 11.2. The van der Waals surface area contributed by atoms with E-state index < -0.39 is 0 Å². The molecule has 0 saturated carbocycles. The number of amides is 3. The highest BCUT2D eigenvalue weighted by molar-refractivity contribution is 6.22. The lowest BCUT2D eigenvalue weighted by atomic mass is 9.90. The Morgan fingerprint density at radius 2 is 1.88 bits per heavy atom. The molecule has 0 atom stereocenters. The van der Waals surface area contributed by atoms with Crippen LogP contribution in [0.5, 0.6) is 0 Å². The zero-order valence-electron chi connectivity index (χ0n) is 18.3. The minimum atomic E-state index is -0.307. The van der Waals surface area contributed by atoms with Gasteiger partial charge in [-0.05, 0) is 60.6 Å². The number of carbonyl (C=O) groups is 3. The maximum Gasteiger partial charge on any atom is 0.261 e. The van der Waals surface area contributed by atoms with E-state index in [1.54, 1.807) is 24.4 Å².